The number of carbonyl (C=O) groups is 2. The van der Waals surface area contributed by atoms with Crippen LogP contribution in [0.1, 0.15) is 26.3 Å². The molecule has 0 bridgehead atoms. The number of nitrogens with zero attached hydrogens (tertiary/aromatic N) is 1. The van der Waals surface area contributed by atoms with Gasteiger partial charge in [0.25, 0.3) is 11.6 Å². The lowest BCUT2D eigenvalue weighted by molar-refractivity contribution is -0.0886. The van der Waals surface area contributed by atoms with E-state index in [1.54, 1.807) is 30.3 Å². The van der Waals surface area contributed by atoms with E-state index in [0.29, 0.717) is 11.6 Å². The summed E-state index contributed by atoms with van der Waals surface area (Å²) in [6.45, 7) is -0.0305. The van der Waals surface area contributed by atoms with Crippen molar-refractivity contribution < 1.29 is 35.9 Å². The van der Waals surface area contributed by atoms with Crippen LogP contribution in [0.3, 0.4) is 0 Å². The Morgan fingerprint density at radius 1 is 0.833 bits per heavy atom. The molecule has 2 aromatic carbocycles. The number of Topliss-reactive ketones (excluding diaryl/α,β-unsaturated/α-hetero) is 2. The third-order valence-electron chi connectivity index (χ3n) is 4.21. The largest absolute Gasteiger partial charge is 0.454 e. The van der Waals surface area contributed by atoms with Crippen molar-refractivity contribution in [3.8, 4) is 0 Å². The summed E-state index contributed by atoms with van der Waals surface area (Å²) in [6, 6.07) is 11.1. The van der Waals surface area contributed by atoms with E-state index in [9.17, 15) is 35.9 Å². The molecule has 0 aliphatic heterocycles. The first kappa shape index (κ1) is 21.3. The molecule has 1 heterocycles. The molecule has 156 valence electrons. The van der Waals surface area contributed by atoms with Gasteiger partial charge in [0.1, 0.15) is 0 Å². The number of nitrogens with one attached hydrogen (secondary N) is 1. The maximum atomic E-state index is 13.1. The average molecular weight is 426 g/mol. The summed E-state index contributed by atoms with van der Waals surface area (Å²) < 4.78 is 78.4. The number of aromatic nitrogens is 1. The molecular weight excluding hydrogens is 414 g/mol. The predicted octanol–water partition coefficient (Wildman–Crippen LogP) is 5.34. The normalized spacial score (nSPS) is 12.1. The first-order valence-corrected chi connectivity index (χ1v) is 8.42. The van der Waals surface area contributed by atoms with Crippen molar-refractivity contribution in [3.05, 3.63) is 71.4 Å². The fourth-order valence-electron chi connectivity index (χ4n) is 2.88. The maximum absolute atomic E-state index is 13.1. The lowest BCUT2D eigenvalue weighted by Crippen LogP contribution is -2.27. The van der Waals surface area contributed by atoms with Crippen LogP contribution in [0.4, 0.5) is 32.0 Å². The van der Waals surface area contributed by atoms with Gasteiger partial charge in [0.15, 0.2) is 0 Å². The zero-order chi connectivity index (χ0) is 22.1. The summed E-state index contributed by atoms with van der Waals surface area (Å²) in [4.78, 5) is 27.7. The molecule has 0 aliphatic carbocycles. The topological polar surface area (TPSA) is 59.1 Å². The van der Waals surface area contributed by atoms with E-state index in [2.05, 4.69) is 10.3 Å². The highest BCUT2D eigenvalue weighted by molar-refractivity contribution is 6.18. The monoisotopic (exact) mass is 426 g/mol. The van der Waals surface area contributed by atoms with Crippen molar-refractivity contribution in [2.45, 2.75) is 18.9 Å². The van der Waals surface area contributed by atoms with E-state index < -0.39 is 40.7 Å². The third-order valence-corrected chi connectivity index (χ3v) is 4.21. The minimum absolute atomic E-state index is 0.0305. The van der Waals surface area contributed by atoms with Crippen LogP contribution in [0.5, 0.6) is 0 Å². The smallest absolute Gasteiger partial charge is 0.379 e. The van der Waals surface area contributed by atoms with Gasteiger partial charge in [0.05, 0.1) is 16.8 Å². The number of carbonyl (C=O) groups excluding carboxylic acids is 2. The summed E-state index contributed by atoms with van der Waals surface area (Å²) >= 11 is 0. The number of halogens is 6. The summed E-state index contributed by atoms with van der Waals surface area (Å²) in [5, 5.41) is 2.33. The number of hydrogen-bond donors (Lipinski definition) is 1. The first-order chi connectivity index (χ1) is 14.0. The van der Waals surface area contributed by atoms with Crippen LogP contribution in [0.25, 0.3) is 10.9 Å². The number of benzene rings is 2. The van der Waals surface area contributed by atoms with Gasteiger partial charge in [-0.05, 0) is 17.7 Å². The number of anilines is 1. The van der Waals surface area contributed by atoms with E-state index in [4.69, 9.17) is 0 Å². The Bertz CT molecular complexity index is 1110. The molecule has 0 saturated heterocycles. The minimum Gasteiger partial charge on any atom is -0.379 e. The van der Waals surface area contributed by atoms with Crippen LogP contribution in [0.2, 0.25) is 0 Å². The van der Waals surface area contributed by atoms with Crippen LogP contribution in [0, 0.1) is 0 Å². The molecule has 3 rings (SSSR count). The number of pyridine rings is 1. The molecule has 0 atom stereocenters. The second kappa shape index (κ2) is 7.77. The molecular formula is C20H12F6N2O2. The lowest BCUT2D eigenvalue weighted by Gasteiger charge is -2.18. The van der Waals surface area contributed by atoms with Crippen LogP contribution < -0.4 is 5.32 Å². The molecule has 0 unspecified atom stereocenters. The van der Waals surface area contributed by atoms with Gasteiger partial charge in [-0.1, -0.05) is 36.4 Å². The molecule has 4 nitrogen and oxygen atoms in total. The first-order valence-electron chi connectivity index (χ1n) is 8.42. The fraction of sp³-hybridized carbons (Fsp3) is 0.150. The average Bonchev–Trinajstić information content (AvgIpc) is 2.70. The molecule has 0 fully saturated rings. The van der Waals surface area contributed by atoms with Crippen LogP contribution in [0.15, 0.2) is 54.7 Å². The Morgan fingerprint density at radius 3 is 2.03 bits per heavy atom. The quantitative estimate of drug-likeness (QED) is 0.442. The van der Waals surface area contributed by atoms with E-state index in [-0.39, 0.29) is 17.4 Å². The molecule has 0 radical (unpaired) electrons. The van der Waals surface area contributed by atoms with Gasteiger partial charge in [-0.15, -0.1) is 0 Å². The maximum Gasteiger partial charge on any atom is 0.454 e. The minimum atomic E-state index is -5.37. The summed E-state index contributed by atoms with van der Waals surface area (Å²) in [5.74, 6) is -4.76. The van der Waals surface area contributed by atoms with Gasteiger partial charge in [0, 0.05) is 23.7 Å². The van der Waals surface area contributed by atoms with Crippen molar-refractivity contribution in [1.29, 1.82) is 0 Å². The lowest BCUT2D eigenvalue weighted by atomic mass is 9.96. The van der Waals surface area contributed by atoms with E-state index in [1.807, 2.05) is 0 Å². The highest BCUT2D eigenvalue weighted by Crippen LogP contribution is 2.36. The van der Waals surface area contributed by atoms with Crippen LogP contribution in [-0.4, -0.2) is 28.9 Å². The standard InChI is InChI=1S/C20H12F6N2O2/c21-19(22,23)17(29)13-9-14(18(30)20(24,25)26)16(15-12(13)7-4-8-27-15)28-10-11-5-2-1-3-6-11/h1-9,28H,10H2. The van der Waals surface area contributed by atoms with Crippen molar-refractivity contribution in [2.24, 2.45) is 0 Å². The van der Waals surface area contributed by atoms with Gasteiger partial charge in [0.2, 0.25) is 0 Å². The van der Waals surface area contributed by atoms with Gasteiger partial charge < -0.3 is 5.32 Å². The number of alkyl halides is 6. The Kier molecular flexibility index (Phi) is 5.51. The van der Waals surface area contributed by atoms with E-state index >= 15 is 0 Å². The number of ketones is 2. The zero-order valence-electron chi connectivity index (χ0n) is 14.9. The molecule has 0 spiro atoms. The van der Waals surface area contributed by atoms with Gasteiger partial charge in [-0.25, -0.2) is 0 Å². The summed E-state index contributed by atoms with van der Waals surface area (Å²) in [7, 11) is 0. The molecule has 30 heavy (non-hydrogen) atoms. The number of hydrogen-bond acceptors (Lipinski definition) is 4. The third kappa shape index (κ3) is 4.27. The second-order valence-corrected chi connectivity index (χ2v) is 6.24. The van der Waals surface area contributed by atoms with Gasteiger partial charge in [-0.2, -0.15) is 26.3 Å². The van der Waals surface area contributed by atoms with Crippen LogP contribution >= 0.6 is 0 Å². The molecule has 1 N–H and O–H groups in total. The Morgan fingerprint density at radius 2 is 1.43 bits per heavy atom. The zero-order valence-corrected chi connectivity index (χ0v) is 14.9. The molecule has 3 aromatic rings. The molecule has 10 heteroatoms. The Hall–Kier alpha value is -3.43. The van der Waals surface area contributed by atoms with Crippen molar-refractivity contribution >= 4 is 28.2 Å². The Labute approximate surface area is 165 Å². The van der Waals surface area contributed by atoms with Crippen molar-refractivity contribution in [2.75, 3.05) is 5.32 Å². The molecule has 0 aliphatic rings. The number of rotatable bonds is 5. The molecule has 1 aromatic heterocycles. The fourth-order valence-corrected chi connectivity index (χ4v) is 2.88. The summed E-state index contributed by atoms with van der Waals surface area (Å²) in [5.41, 5.74) is -2.31. The van der Waals surface area contributed by atoms with Crippen LogP contribution in [-0.2, 0) is 6.54 Å². The predicted molar refractivity (Wildman–Crippen MR) is 96.3 cm³/mol. The Balaban J connectivity index is 2.24. The van der Waals surface area contributed by atoms with E-state index in [0.717, 1.165) is 12.3 Å². The SMILES string of the molecule is O=C(c1cc(C(=O)C(F)(F)F)c2cccnc2c1NCc1ccccc1)C(F)(F)F. The number of fused-ring (bicyclic) bond motifs is 1. The van der Waals surface area contributed by atoms with Crippen molar-refractivity contribution in [3.63, 3.8) is 0 Å². The highest BCUT2D eigenvalue weighted by atomic mass is 19.4. The van der Waals surface area contributed by atoms with E-state index in [1.165, 1.54) is 6.07 Å². The molecule has 0 saturated carbocycles. The van der Waals surface area contributed by atoms with Crippen molar-refractivity contribution in [1.82, 2.24) is 4.98 Å². The summed E-state index contributed by atoms with van der Waals surface area (Å²) in [6.07, 6.45) is -9.58. The second-order valence-electron chi connectivity index (χ2n) is 6.24. The van der Waals surface area contributed by atoms with Gasteiger partial charge in [-0.3, -0.25) is 14.6 Å². The van der Waals surface area contributed by atoms with Gasteiger partial charge >= 0.3 is 12.4 Å². The highest BCUT2D eigenvalue weighted by Gasteiger charge is 2.44. The molecule has 0 amide bonds.